The Morgan fingerprint density at radius 3 is 2.50 bits per heavy atom. The molecule has 0 spiro atoms. The zero-order valence-corrected chi connectivity index (χ0v) is 13.7. The van der Waals surface area contributed by atoms with Crippen LogP contribution in [0, 0.1) is 0 Å². The Labute approximate surface area is 129 Å². The molecule has 0 saturated carbocycles. The van der Waals surface area contributed by atoms with Gasteiger partial charge in [-0.25, -0.2) is 4.98 Å². The zero-order chi connectivity index (χ0) is 12.8. The Morgan fingerprint density at radius 1 is 1.11 bits per heavy atom. The molecule has 0 saturated heterocycles. The Kier molecular flexibility index (Phi) is 5.73. The van der Waals surface area contributed by atoms with Crippen LogP contribution in [0.15, 0.2) is 58.2 Å². The minimum absolute atomic E-state index is 0.515. The summed E-state index contributed by atoms with van der Waals surface area (Å²) in [7, 11) is 0. The van der Waals surface area contributed by atoms with Gasteiger partial charge in [-0.3, -0.25) is 0 Å². The van der Waals surface area contributed by atoms with E-state index in [9.17, 15) is 0 Å². The third-order valence-electron chi connectivity index (χ3n) is 2.59. The highest BCUT2D eigenvalue weighted by Crippen LogP contribution is 2.27. The summed E-state index contributed by atoms with van der Waals surface area (Å²) in [5, 5.41) is 2.04. The van der Waals surface area contributed by atoms with Crippen LogP contribution in [0.3, 0.4) is 0 Å². The van der Waals surface area contributed by atoms with E-state index in [1.165, 1.54) is 5.56 Å². The minimum atomic E-state index is 0.515. The molecule has 0 aliphatic rings. The van der Waals surface area contributed by atoms with Crippen LogP contribution in [0.4, 0.5) is 0 Å². The number of benzene rings is 1. The van der Waals surface area contributed by atoms with Gasteiger partial charge >= 0.3 is 0 Å². The smallest absolute Gasteiger partial charge is 0.0960 e. The van der Waals surface area contributed by atoms with Crippen LogP contribution in [0.25, 0.3) is 0 Å². The van der Waals surface area contributed by atoms with Gasteiger partial charge < -0.3 is 0 Å². The summed E-state index contributed by atoms with van der Waals surface area (Å²) < 4.78 is 1.02. The molecule has 94 valence electrons. The first-order chi connectivity index (χ1) is 8.79. The van der Waals surface area contributed by atoms with Crippen molar-refractivity contribution in [3.05, 3.63) is 58.7 Å². The topological polar surface area (TPSA) is 12.9 Å². The second-order valence-electron chi connectivity index (χ2n) is 3.89. The standard InChI is InChI=1S/C14H13Br2NS/c15-8-12(11-4-2-1-3-5-11)10-18-14-7-6-13(16)9-17-14/h1-7,9,12H,8,10H2. The molecule has 1 aromatic carbocycles. The number of thioether (sulfide) groups is 1. The number of hydrogen-bond acceptors (Lipinski definition) is 2. The Bertz CT molecular complexity index is 473. The first kappa shape index (κ1) is 14.1. The maximum Gasteiger partial charge on any atom is 0.0960 e. The molecule has 0 bridgehead atoms. The maximum atomic E-state index is 4.38. The van der Waals surface area contributed by atoms with Crippen LogP contribution in [-0.2, 0) is 0 Å². The molecule has 2 aromatic rings. The first-order valence-corrected chi connectivity index (χ1v) is 8.55. The lowest BCUT2D eigenvalue weighted by atomic mass is 10.0. The third kappa shape index (κ3) is 4.11. The Morgan fingerprint density at radius 2 is 1.89 bits per heavy atom. The van der Waals surface area contributed by atoms with Crippen LogP contribution in [0.2, 0.25) is 0 Å². The van der Waals surface area contributed by atoms with Crippen molar-refractivity contribution in [2.45, 2.75) is 10.9 Å². The zero-order valence-electron chi connectivity index (χ0n) is 9.72. The van der Waals surface area contributed by atoms with Crippen molar-refractivity contribution in [2.75, 3.05) is 11.1 Å². The molecule has 1 unspecified atom stereocenters. The van der Waals surface area contributed by atoms with Gasteiger partial charge in [0.1, 0.15) is 0 Å². The summed E-state index contributed by atoms with van der Waals surface area (Å²) in [6.45, 7) is 0. The molecule has 1 nitrogen and oxygen atoms in total. The van der Waals surface area contributed by atoms with E-state index in [1.807, 2.05) is 18.3 Å². The van der Waals surface area contributed by atoms with E-state index in [4.69, 9.17) is 0 Å². The number of alkyl halides is 1. The second kappa shape index (κ2) is 7.31. The van der Waals surface area contributed by atoms with Crippen molar-refractivity contribution in [2.24, 2.45) is 0 Å². The Balaban J connectivity index is 1.97. The highest BCUT2D eigenvalue weighted by molar-refractivity contribution is 9.10. The summed E-state index contributed by atoms with van der Waals surface area (Å²) in [6.07, 6.45) is 1.84. The molecular weight excluding hydrogens is 374 g/mol. The lowest BCUT2D eigenvalue weighted by Gasteiger charge is -2.13. The molecule has 0 aliphatic heterocycles. The van der Waals surface area contributed by atoms with Crippen molar-refractivity contribution >= 4 is 43.6 Å². The van der Waals surface area contributed by atoms with Crippen molar-refractivity contribution in [3.63, 3.8) is 0 Å². The molecule has 18 heavy (non-hydrogen) atoms. The lowest BCUT2D eigenvalue weighted by molar-refractivity contribution is 0.900. The van der Waals surface area contributed by atoms with Crippen molar-refractivity contribution in [1.82, 2.24) is 4.98 Å². The summed E-state index contributed by atoms with van der Waals surface area (Å²) in [4.78, 5) is 4.38. The minimum Gasteiger partial charge on any atom is -0.249 e. The molecule has 1 aromatic heterocycles. The predicted molar refractivity (Wildman–Crippen MR) is 85.6 cm³/mol. The summed E-state index contributed by atoms with van der Waals surface area (Å²) in [5.74, 6) is 1.55. The number of aromatic nitrogens is 1. The molecule has 4 heteroatoms. The van der Waals surface area contributed by atoms with Crippen LogP contribution in [0.1, 0.15) is 11.5 Å². The summed E-state index contributed by atoms with van der Waals surface area (Å²) in [6, 6.07) is 14.7. The quantitative estimate of drug-likeness (QED) is 0.522. The highest BCUT2D eigenvalue weighted by atomic mass is 79.9. The van der Waals surface area contributed by atoms with E-state index in [0.717, 1.165) is 20.6 Å². The van der Waals surface area contributed by atoms with E-state index in [2.05, 4.69) is 67.2 Å². The summed E-state index contributed by atoms with van der Waals surface area (Å²) in [5.41, 5.74) is 1.37. The molecule has 0 amide bonds. The molecule has 1 heterocycles. The van der Waals surface area contributed by atoms with Gasteiger partial charge in [0.05, 0.1) is 5.03 Å². The fraction of sp³-hybridized carbons (Fsp3) is 0.214. The molecule has 2 rings (SSSR count). The van der Waals surface area contributed by atoms with E-state index in [-0.39, 0.29) is 0 Å². The number of rotatable bonds is 5. The van der Waals surface area contributed by atoms with Crippen molar-refractivity contribution < 1.29 is 0 Å². The molecule has 0 N–H and O–H groups in total. The number of halogens is 2. The van der Waals surface area contributed by atoms with Crippen LogP contribution < -0.4 is 0 Å². The monoisotopic (exact) mass is 385 g/mol. The average Bonchev–Trinajstić information content (AvgIpc) is 2.43. The maximum absolute atomic E-state index is 4.38. The molecule has 0 aliphatic carbocycles. The van der Waals surface area contributed by atoms with Gasteiger partial charge in [0.2, 0.25) is 0 Å². The van der Waals surface area contributed by atoms with E-state index in [0.29, 0.717) is 5.92 Å². The first-order valence-electron chi connectivity index (χ1n) is 5.65. The number of hydrogen-bond donors (Lipinski definition) is 0. The largest absolute Gasteiger partial charge is 0.249 e. The van der Waals surface area contributed by atoms with Gasteiger partial charge in [0.15, 0.2) is 0 Å². The van der Waals surface area contributed by atoms with Crippen molar-refractivity contribution in [3.8, 4) is 0 Å². The Hall–Kier alpha value is -0.320. The van der Waals surface area contributed by atoms with Gasteiger partial charge in [0, 0.05) is 27.7 Å². The van der Waals surface area contributed by atoms with Gasteiger partial charge in [-0.05, 0) is 33.6 Å². The summed E-state index contributed by atoms with van der Waals surface area (Å²) >= 11 is 8.79. The number of nitrogens with zero attached hydrogens (tertiary/aromatic N) is 1. The van der Waals surface area contributed by atoms with Crippen LogP contribution in [-0.4, -0.2) is 16.1 Å². The fourth-order valence-corrected chi connectivity index (χ4v) is 3.70. The molecule has 0 radical (unpaired) electrons. The van der Waals surface area contributed by atoms with Gasteiger partial charge in [-0.2, -0.15) is 0 Å². The van der Waals surface area contributed by atoms with E-state index in [1.54, 1.807) is 11.8 Å². The van der Waals surface area contributed by atoms with Gasteiger partial charge in [0.25, 0.3) is 0 Å². The van der Waals surface area contributed by atoms with Crippen molar-refractivity contribution in [1.29, 1.82) is 0 Å². The molecular formula is C14H13Br2NS. The van der Waals surface area contributed by atoms with E-state index < -0.39 is 0 Å². The normalized spacial score (nSPS) is 12.3. The number of pyridine rings is 1. The predicted octanol–water partition coefficient (Wildman–Crippen LogP) is 5.11. The van der Waals surface area contributed by atoms with Gasteiger partial charge in [-0.15, -0.1) is 11.8 Å². The molecule has 1 atom stereocenters. The van der Waals surface area contributed by atoms with Crippen LogP contribution in [0.5, 0.6) is 0 Å². The van der Waals surface area contributed by atoms with E-state index >= 15 is 0 Å². The third-order valence-corrected chi connectivity index (χ3v) is 4.95. The SMILES string of the molecule is BrCC(CSc1ccc(Br)cn1)c1ccccc1. The van der Waals surface area contributed by atoms with Gasteiger partial charge in [-0.1, -0.05) is 46.3 Å². The highest BCUT2D eigenvalue weighted by Gasteiger charge is 2.10. The average molecular weight is 387 g/mol. The second-order valence-corrected chi connectivity index (χ2v) is 6.49. The molecule has 0 fully saturated rings. The van der Waals surface area contributed by atoms with Crippen LogP contribution >= 0.6 is 43.6 Å². The fourth-order valence-electron chi connectivity index (χ4n) is 1.59. The lowest BCUT2D eigenvalue weighted by Crippen LogP contribution is -2.03.